The van der Waals surface area contributed by atoms with Gasteiger partial charge in [0.05, 0.1) is 6.54 Å². The topological polar surface area (TPSA) is 30.7 Å². The van der Waals surface area contributed by atoms with E-state index < -0.39 is 0 Å². The number of hydrogen-bond donors (Lipinski definition) is 0. The van der Waals surface area contributed by atoms with E-state index in [1.165, 1.54) is 5.56 Å². The van der Waals surface area contributed by atoms with E-state index in [0.29, 0.717) is 0 Å². The summed E-state index contributed by atoms with van der Waals surface area (Å²) in [6, 6.07) is 10.4. The Morgan fingerprint density at radius 3 is 2.39 bits per heavy atom. The van der Waals surface area contributed by atoms with E-state index in [2.05, 4.69) is 66.2 Å². The smallest absolute Gasteiger partial charge is 0.151 e. The molecule has 0 radical (unpaired) electrons. The number of nitrogens with zero attached hydrogens (tertiary/aromatic N) is 3. The SMILES string of the molecule is BrCCc1nc(CCBr)n(Cc2ccccc2)n1. The first kappa shape index (κ1) is 13.7. The van der Waals surface area contributed by atoms with Crippen LogP contribution in [0, 0.1) is 0 Å². The van der Waals surface area contributed by atoms with Crippen LogP contribution in [-0.2, 0) is 19.4 Å². The van der Waals surface area contributed by atoms with Crippen LogP contribution in [0.4, 0.5) is 0 Å². The third-order valence-electron chi connectivity index (χ3n) is 2.60. The summed E-state index contributed by atoms with van der Waals surface area (Å²) in [7, 11) is 0. The maximum absolute atomic E-state index is 4.58. The van der Waals surface area contributed by atoms with Crippen LogP contribution in [0.3, 0.4) is 0 Å². The Balaban J connectivity index is 2.19. The van der Waals surface area contributed by atoms with Gasteiger partial charge in [0.15, 0.2) is 5.82 Å². The van der Waals surface area contributed by atoms with Crippen LogP contribution >= 0.6 is 31.9 Å². The summed E-state index contributed by atoms with van der Waals surface area (Å²) in [4.78, 5) is 4.58. The Morgan fingerprint density at radius 2 is 1.72 bits per heavy atom. The standard InChI is InChI=1S/C13H15Br2N3/c14-8-6-12-16-13(7-9-15)18(17-12)10-11-4-2-1-3-5-11/h1-5H,6-10H2. The average Bonchev–Trinajstić information content (AvgIpc) is 2.74. The molecule has 18 heavy (non-hydrogen) atoms. The minimum absolute atomic E-state index is 0.790. The van der Waals surface area contributed by atoms with Crippen molar-refractivity contribution in [1.29, 1.82) is 0 Å². The number of benzene rings is 1. The van der Waals surface area contributed by atoms with Crippen LogP contribution in [0.1, 0.15) is 17.2 Å². The van der Waals surface area contributed by atoms with Crippen molar-refractivity contribution in [3.05, 3.63) is 47.5 Å². The zero-order chi connectivity index (χ0) is 12.8. The monoisotopic (exact) mass is 371 g/mol. The Bertz CT molecular complexity index is 482. The Hall–Kier alpha value is -0.680. The predicted molar refractivity (Wildman–Crippen MR) is 80.6 cm³/mol. The van der Waals surface area contributed by atoms with Crippen molar-refractivity contribution in [3.63, 3.8) is 0 Å². The molecule has 1 heterocycles. The van der Waals surface area contributed by atoms with Crippen LogP contribution in [0.15, 0.2) is 30.3 Å². The van der Waals surface area contributed by atoms with Crippen LogP contribution < -0.4 is 0 Å². The summed E-state index contributed by atoms with van der Waals surface area (Å²) >= 11 is 6.89. The fraction of sp³-hybridized carbons (Fsp3) is 0.385. The lowest BCUT2D eigenvalue weighted by molar-refractivity contribution is 0.639. The van der Waals surface area contributed by atoms with Crippen LogP contribution in [0.25, 0.3) is 0 Å². The van der Waals surface area contributed by atoms with E-state index in [4.69, 9.17) is 0 Å². The van der Waals surface area contributed by atoms with Gasteiger partial charge in [-0.2, -0.15) is 5.10 Å². The maximum atomic E-state index is 4.58. The lowest BCUT2D eigenvalue weighted by atomic mass is 10.2. The molecule has 0 unspecified atom stereocenters. The van der Waals surface area contributed by atoms with Crippen molar-refractivity contribution in [2.75, 3.05) is 10.7 Å². The molecule has 0 amide bonds. The largest absolute Gasteiger partial charge is 0.245 e. The third-order valence-corrected chi connectivity index (χ3v) is 3.40. The highest BCUT2D eigenvalue weighted by Crippen LogP contribution is 2.08. The van der Waals surface area contributed by atoms with Crippen molar-refractivity contribution in [1.82, 2.24) is 14.8 Å². The van der Waals surface area contributed by atoms with E-state index in [9.17, 15) is 0 Å². The van der Waals surface area contributed by atoms with Gasteiger partial charge in [0, 0.05) is 23.5 Å². The molecule has 2 aromatic rings. The molecule has 0 spiro atoms. The molecular formula is C13H15Br2N3. The summed E-state index contributed by atoms with van der Waals surface area (Å²) in [6.45, 7) is 0.790. The molecule has 5 heteroatoms. The molecular weight excluding hydrogens is 358 g/mol. The van der Waals surface area contributed by atoms with Gasteiger partial charge >= 0.3 is 0 Å². The number of halogens is 2. The molecule has 1 aromatic heterocycles. The number of aromatic nitrogens is 3. The van der Waals surface area contributed by atoms with Gasteiger partial charge in [-0.05, 0) is 5.56 Å². The lowest BCUT2D eigenvalue weighted by Crippen LogP contribution is -2.07. The Morgan fingerprint density at radius 1 is 1.00 bits per heavy atom. The van der Waals surface area contributed by atoms with Crippen molar-refractivity contribution in [2.45, 2.75) is 19.4 Å². The Kier molecular flexibility index (Phi) is 5.38. The van der Waals surface area contributed by atoms with Crippen molar-refractivity contribution >= 4 is 31.9 Å². The molecule has 2 rings (SSSR count). The van der Waals surface area contributed by atoms with Gasteiger partial charge in [0.1, 0.15) is 5.82 Å². The summed E-state index contributed by atoms with van der Waals surface area (Å²) < 4.78 is 2.01. The quantitative estimate of drug-likeness (QED) is 0.729. The molecule has 1 aromatic carbocycles. The number of alkyl halides is 2. The molecule has 0 bridgehead atoms. The summed E-state index contributed by atoms with van der Waals surface area (Å²) in [6.07, 6.45) is 1.78. The van der Waals surface area contributed by atoms with Gasteiger partial charge in [-0.3, -0.25) is 0 Å². The number of rotatable bonds is 6. The first-order valence-electron chi connectivity index (χ1n) is 5.92. The first-order valence-corrected chi connectivity index (χ1v) is 8.16. The highest BCUT2D eigenvalue weighted by atomic mass is 79.9. The van der Waals surface area contributed by atoms with Gasteiger partial charge in [-0.25, -0.2) is 9.67 Å². The van der Waals surface area contributed by atoms with E-state index in [1.54, 1.807) is 0 Å². The highest BCUT2D eigenvalue weighted by Gasteiger charge is 2.09. The maximum Gasteiger partial charge on any atom is 0.151 e. The summed E-state index contributed by atoms with van der Waals surface area (Å²) in [5.41, 5.74) is 1.25. The normalized spacial score (nSPS) is 10.8. The second kappa shape index (κ2) is 7.04. The zero-order valence-electron chi connectivity index (χ0n) is 10.0. The van der Waals surface area contributed by atoms with E-state index in [0.717, 1.165) is 41.7 Å². The Labute approximate surface area is 124 Å². The van der Waals surface area contributed by atoms with Crippen LogP contribution in [0.2, 0.25) is 0 Å². The molecule has 0 fully saturated rings. The number of aryl methyl sites for hydroxylation is 2. The van der Waals surface area contributed by atoms with E-state index >= 15 is 0 Å². The number of hydrogen-bond acceptors (Lipinski definition) is 2. The summed E-state index contributed by atoms with van der Waals surface area (Å²) in [5.74, 6) is 1.96. The first-order chi connectivity index (χ1) is 8.83. The molecule has 0 saturated heterocycles. The fourth-order valence-corrected chi connectivity index (χ4v) is 2.48. The predicted octanol–water partition coefficient (Wildman–Crippen LogP) is 3.20. The fourth-order valence-electron chi connectivity index (χ4n) is 1.77. The second-order valence-electron chi connectivity index (χ2n) is 3.97. The summed E-state index contributed by atoms with van der Waals surface area (Å²) in [5, 5.41) is 6.38. The van der Waals surface area contributed by atoms with Gasteiger partial charge in [-0.15, -0.1) is 0 Å². The van der Waals surface area contributed by atoms with Crippen molar-refractivity contribution in [2.24, 2.45) is 0 Å². The van der Waals surface area contributed by atoms with Crippen molar-refractivity contribution < 1.29 is 0 Å². The molecule has 96 valence electrons. The van der Waals surface area contributed by atoms with Gasteiger partial charge in [-0.1, -0.05) is 62.2 Å². The third kappa shape index (κ3) is 3.65. The van der Waals surface area contributed by atoms with Crippen LogP contribution in [-0.4, -0.2) is 25.4 Å². The van der Waals surface area contributed by atoms with Gasteiger partial charge in [0.25, 0.3) is 0 Å². The molecule has 0 N–H and O–H groups in total. The molecule has 0 aliphatic heterocycles. The van der Waals surface area contributed by atoms with E-state index in [-0.39, 0.29) is 0 Å². The molecule has 3 nitrogen and oxygen atoms in total. The molecule has 0 aliphatic rings. The average molecular weight is 373 g/mol. The lowest BCUT2D eigenvalue weighted by Gasteiger charge is -2.04. The van der Waals surface area contributed by atoms with Gasteiger partial charge < -0.3 is 0 Å². The van der Waals surface area contributed by atoms with Crippen molar-refractivity contribution in [3.8, 4) is 0 Å². The zero-order valence-corrected chi connectivity index (χ0v) is 13.2. The highest BCUT2D eigenvalue weighted by molar-refractivity contribution is 9.09. The van der Waals surface area contributed by atoms with Crippen LogP contribution in [0.5, 0.6) is 0 Å². The minimum atomic E-state index is 0.790. The van der Waals surface area contributed by atoms with E-state index in [1.807, 2.05) is 10.7 Å². The second-order valence-corrected chi connectivity index (χ2v) is 5.55. The molecule has 0 saturated carbocycles. The minimum Gasteiger partial charge on any atom is -0.245 e. The molecule has 0 atom stereocenters. The van der Waals surface area contributed by atoms with Gasteiger partial charge in [0.2, 0.25) is 0 Å². The molecule has 0 aliphatic carbocycles.